The number of thiazole rings is 1. The van der Waals surface area contributed by atoms with Crippen LogP contribution in [0.15, 0.2) is 15.9 Å². The fraction of sp³-hybridized carbons (Fsp3) is 0.625. The molecule has 66 valence electrons. The number of thioether (sulfide) groups is 1. The number of rotatable bonds is 2. The molecule has 1 aromatic rings. The minimum absolute atomic E-state index is 0.388. The monoisotopic (exact) mass is 200 g/mol. The van der Waals surface area contributed by atoms with E-state index in [-0.39, 0.29) is 0 Å². The summed E-state index contributed by atoms with van der Waals surface area (Å²) in [6, 6.07) is 0.388. The van der Waals surface area contributed by atoms with E-state index in [1.807, 2.05) is 23.3 Å². The Morgan fingerprint density at radius 2 is 2.50 bits per heavy atom. The van der Waals surface area contributed by atoms with Crippen molar-refractivity contribution in [2.24, 2.45) is 5.73 Å². The van der Waals surface area contributed by atoms with E-state index in [1.54, 1.807) is 11.3 Å². The van der Waals surface area contributed by atoms with Crippen LogP contribution in [0.1, 0.15) is 19.3 Å². The second-order valence-corrected chi connectivity index (χ2v) is 5.43. The number of hydrogen-bond acceptors (Lipinski definition) is 4. The molecule has 1 aliphatic rings. The maximum Gasteiger partial charge on any atom is 0.150 e. The third kappa shape index (κ3) is 1.81. The van der Waals surface area contributed by atoms with Gasteiger partial charge in [0.1, 0.15) is 4.34 Å². The van der Waals surface area contributed by atoms with Crippen LogP contribution in [0.2, 0.25) is 0 Å². The summed E-state index contributed by atoms with van der Waals surface area (Å²) in [7, 11) is 0. The van der Waals surface area contributed by atoms with Crippen molar-refractivity contribution in [3.05, 3.63) is 11.6 Å². The van der Waals surface area contributed by atoms with Crippen molar-refractivity contribution >= 4 is 23.1 Å². The Labute approximate surface area is 80.6 Å². The van der Waals surface area contributed by atoms with Crippen LogP contribution in [-0.2, 0) is 0 Å². The lowest BCUT2D eigenvalue weighted by Gasteiger charge is -2.11. The molecule has 4 heteroatoms. The third-order valence-corrected chi connectivity index (χ3v) is 4.50. The van der Waals surface area contributed by atoms with Gasteiger partial charge in [-0.25, -0.2) is 4.98 Å². The van der Waals surface area contributed by atoms with Gasteiger partial charge in [-0.1, -0.05) is 18.2 Å². The molecule has 0 bridgehead atoms. The maximum absolute atomic E-state index is 5.95. The van der Waals surface area contributed by atoms with Crippen LogP contribution in [0.3, 0.4) is 0 Å². The molecule has 1 aliphatic carbocycles. The number of hydrogen-bond donors (Lipinski definition) is 1. The molecular weight excluding hydrogens is 188 g/mol. The van der Waals surface area contributed by atoms with Gasteiger partial charge in [0.15, 0.2) is 0 Å². The van der Waals surface area contributed by atoms with Gasteiger partial charge in [0.05, 0.1) is 0 Å². The minimum Gasteiger partial charge on any atom is -0.327 e. The van der Waals surface area contributed by atoms with Crippen molar-refractivity contribution < 1.29 is 0 Å². The Morgan fingerprint density at radius 1 is 1.58 bits per heavy atom. The highest BCUT2D eigenvalue weighted by Gasteiger charge is 2.25. The maximum atomic E-state index is 5.95. The molecule has 0 radical (unpaired) electrons. The van der Waals surface area contributed by atoms with Crippen LogP contribution in [0.5, 0.6) is 0 Å². The molecule has 0 spiro atoms. The van der Waals surface area contributed by atoms with Crippen molar-refractivity contribution in [3.63, 3.8) is 0 Å². The first-order valence-corrected chi connectivity index (χ1v) is 5.94. The largest absolute Gasteiger partial charge is 0.327 e. The highest BCUT2D eigenvalue weighted by Crippen LogP contribution is 2.34. The first-order chi connectivity index (χ1) is 5.86. The van der Waals surface area contributed by atoms with E-state index >= 15 is 0 Å². The van der Waals surface area contributed by atoms with Gasteiger partial charge >= 0.3 is 0 Å². The standard InChI is InChI=1S/C8H12N2S2/c9-6-2-1-3-7(6)12-8-10-4-5-11-8/h4-7H,1-3,9H2. The van der Waals surface area contributed by atoms with Crippen LogP contribution in [0.25, 0.3) is 0 Å². The van der Waals surface area contributed by atoms with Crippen molar-refractivity contribution in [1.82, 2.24) is 4.98 Å². The zero-order chi connectivity index (χ0) is 8.39. The first kappa shape index (κ1) is 8.53. The van der Waals surface area contributed by atoms with Crippen LogP contribution in [0, 0.1) is 0 Å². The third-order valence-electron chi connectivity index (χ3n) is 2.17. The molecule has 1 heterocycles. The molecule has 0 saturated heterocycles. The zero-order valence-corrected chi connectivity index (χ0v) is 8.40. The summed E-state index contributed by atoms with van der Waals surface area (Å²) < 4.78 is 1.16. The fourth-order valence-electron chi connectivity index (χ4n) is 1.50. The summed E-state index contributed by atoms with van der Waals surface area (Å²) in [5.74, 6) is 0. The van der Waals surface area contributed by atoms with Crippen LogP contribution < -0.4 is 5.73 Å². The summed E-state index contributed by atoms with van der Waals surface area (Å²) in [6.07, 6.45) is 5.58. The van der Waals surface area contributed by atoms with Crippen molar-refractivity contribution in [3.8, 4) is 0 Å². The van der Waals surface area contributed by atoms with Gasteiger partial charge in [-0.2, -0.15) is 0 Å². The lowest BCUT2D eigenvalue weighted by Crippen LogP contribution is -2.26. The highest BCUT2D eigenvalue weighted by atomic mass is 32.2. The Bertz CT molecular complexity index is 235. The zero-order valence-electron chi connectivity index (χ0n) is 6.77. The van der Waals surface area contributed by atoms with Gasteiger partial charge in [0.2, 0.25) is 0 Å². The summed E-state index contributed by atoms with van der Waals surface area (Å²) >= 11 is 3.56. The quantitative estimate of drug-likeness (QED) is 0.794. The Hall–Kier alpha value is -0.0600. The Balaban J connectivity index is 1.95. The fourth-order valence-corrected chi connectivity index (χ4v) is 3.59. The molecule has 1 aromatic heterocycles. The molecule has 2 nitrogen and oxygen atoms in total. The second kappa shape index (κ2) is 3.77. The van der Waals surface area contributed by atoms with E-state index in [9.17, 15) is 0 Å². The van der Waals surface area contributed by atoms with Crippen LogP contribution >= 0.6 is 23.1 Å². The predicted molar refractivity (Wildman–Crippen MR) is 53.6 cm³/mol. The van der Waals surface area contributed by atoms with Gasteiger partial charge in [-0.15, -0.1) is 11.3 Å². The SMILES string of the molecule is NC1CCCC1Sc1nccs1. The van der Waals surface area contributed by atoms with E-state index in [1.165, 1.54) is 19.3 Å². The van der Waals surface area contributed by atoms with Gasteiger partial charge in [-0.05, 0) is 12.8 Å². The van der Waals surface area contributed by atoms with Crippen molar-refractivity contribution in [2.45, 2.75) is 34.9 Å². The number of nitrogens with two attached hydrogens (primary N) is 1. The van der Waals surface area contributed by atoms with E-state index < -0.39 is 0 Å². The van der Waals surface area contributed by atoms with Gasteiger partial charge in [0, 0.05) is 22.9 Å². The lowest BCUT2D eigenvalue weighted by molar-refractivity contribution is 0.716. The predicted octanol–water partition coefficient (Wildman–Crippen LogP) is 2.11. The average Bonchev–Trinajstić information content (AvgIpc) is 2.65. The number of aromatic nitrogens is 1. The molecular formula is C8H12N2S2. The van der Waals surface area contributed by atoms with Crippen LogP contribution in [-0.4, -0.2) is 16.3 Å². The molecule has 0 amide bonds. The summed E-state index contributed by atoms with van der Waals surface area (Å²) in [5, 5.41) is 2.62. The molecule has 2 unspecified atom stereocenters. The van der Waals surface area contributed by atoms with E-state index in [0.717, 1.165) is 4.34 Å². The normalized spacial score (nSPS) is 29.4. The topological polar surface area (TPSA) is 38.9 Å². The van der Waals surface area contributed by atoms with Crippen molar-refractivity contribution in [2.75, 3.05) is 0 Å². The highest BCUT2D eigenvalue weighted by molar-refractivity contribution is 8.01. The summed E-state index contributed by atoms with van der Waals surface area (Å²) in [4.78, 5) is 4.24. The van der Waals surface area contributed by atoms with Gasteiger partial charge in [-0.3, -0.25) is 0 Å². The summed E-state index contributed by atoms with van der Waals surface area (Å²) in [6.45, 7) is 0. The second-order valence-electron chi connectivity index (χ2n) is 3.05. The molecule has 0 aliphatic heterocycles. The number of nitrogens with zero attached hydrogens (tertiary/aromatic N) is 1. The van der Waals surface area contributed by atoms with E-state index in [0.29, 0.717) is 11.3 Å². The first-order valence-electron chi connectivity index (χ1n) is 4.18. The molecule has 1 saturated carbocycles. The molecule has 2 atom stereocenters. The molecule has 1 fully saturated rings. The average molecular weight is 200 g/mol. The molecule has 0 aromatic carbocycles. The Kier molecular flexibility index (Phi) is 2.68. The molecule has 12 heavy (non-hydrogen) atoms. The van der Waals surface area contributed by atoms with E-state index in [2.05, 4.69) is 4.98 Å². The minimum atomic E-state index is 0.388. The van der Waals surface area contributed by atoms with Crippen LogP contribution in [0.4, 0.5) is 0 Å². The molecule has 2 N–H and O–H groups in total. The molecule has 2 rings (SSSR count). The van der Waals surface area contributed by atoms with E-state index in [4.69, 9.17) is 5.73 Å². The van der Waals surface area contributed by atoms with Gasteiger partial charge in [0.25, 0.3) is 0 Å². The summed E-state index contributed by atoms with van der Waals surface area (Å²) in [5.41, 5.74) is 5.95. The Morgan fingerprint density at radius 3 is 3.08 bits per heavy atom. The van der Waals surface area contributed by atoms with Crippen molar-refractivity contribution in [1.29, 1.82) is 0 Å². The lowest BCUT2D eigenvalue weighted by atomic mass is 10.3. The van der Waals surface area contributed by atoms with Gasteiger partial charge < -0.3 is 5.73 Å². The smallest absolute Gasteiger partial charge is 0.150 e.